The zero-order valence-electron chi connectivity index (χ0n) is 21.2. The van der Waals surface area contributed by atoms with Crippen molar-refractivity contribution < 1.29 is 14.3 Å². The van der Waals surface area contributed by atoms with Crippen LogP contribution in [0, 0.1) is 12.8 Å². The van der Waals surface area contributed by atoms with E-state index in [0.717, 1.165) is 86.3 Å². The van der Waals surface area contributed by atoms with Gasteiger partial charge in [0.2, 0.25) is 0 Å². The molecule has 2 fully saturated rings. The van der Waals surface area contributed by atoms with Gasteiger partial charge < -0.3 is 24.3 Å². The Morgan fingerprint density at radius 2 is 2.00 bits per heavy atom. The number of imidazole rings is 1. The first kappa shape index (κ1) is 24.7. The topological polar surface area (TPSA) is 98.2 Å². The van der Waals surface area contributed by atoms with E-state index in [-0.39, 0.29) is 23.7 Å². The Morgan fingerprint density at radius 1 is 1.22 bits per heavy atom. The molecule has 1 aromatic carbocycles. The van der Waals surface area contributed by atoms with E-state index in [9.17, 15) is 9.59 Å². The normalized spacial score (nSPS) is 18.1. The highest BCUT2D eigenvalue weighted by molar-refractivity contribution is 5.81. The van der Waals surface area contributed by atoms with Crippen LogP contribution >= 0.6 is 0 Å². The van der Waals surface area contributed by atoms with E-state index in [1.54, 1.807) is 6.20 Å². The molecule has 1 saturated carbocycles. The summed E-state index contributed by atoms with van der Waals surface area (Å²) in [6, 6.07) is 7.82. The highest BCUT2D eigenvalue weighted by atomic mass is 16.5. The van der Waals surface area contributed by atoms with Gasteiger partial charge in [-0.05, 0) is 82.1 Å². The first-order chi connectivity index (χ1) is 17.5. The van der Waals surface area contributed by atoms with Gasteiger partial charge in [-0.25, -0.2) is 4.98 Å². The van der Waals surface area contributed by atoms with E-state index in [0.29, 0.717) is 18.0 Å². The number of esters is 1. The number of nitrogens with zero attached hydrogens (tertiary/aromatic N) is 2. The zero-order valence-corrected chi connectivity index (χ0v) is 21.2. The van der Waals surface area contributed by atoms with Gasteiger partial charge >= 0.3 is 5.97 Å². The summed E-state index contributed by atoms with van der Waals surface area (Å²) in [6.45, 7) is 6.67. The minimum atomic E-state index is -0.368. The lowest BCUT2D eigenvalue weighted by atomic mass is 10.00. The minimum absolute atomic E-state index is 0.0766. The highest BCUT2D eigenvalue weighted by Crippen LogP contribution is 2.29. The fourth-order valence-electron chi connectivity index (χ4n) is 5.23. The molecule has 1 saturated heterocycles. The van der Waals surface area contributed by atoms with Gasteiger partial charge in [-0.2, -0.15) is 0 Å². The van der Waals surface area contributed by atoms with Crippen molar-refractivity contribution in [2.45, 2.75) is 77.6 Å². The van der Waals surface area contributed by atoms with E-state index >= 15 is 0 Å². The lowest BCUT2D eigenvalue weighted by Crippen LogP contribution is -2.36. The Labute approximate surface area is 211 Å². The molecule has 1 atom stereocenters. The third kappa shape index (κ3) is 5.55. The fraction of sp³-hybridized carbons (Fsp3) is 0.536. The van der Waals surface area contributed by atoms with E-state index in [4.69, 9.17) is 14.5 Å². The predicted molar refractivity (Wildman–Crippen MR) is 139 cm³/mol. The molecule has 192 valence electrons. The molecule has 3 heterocycles. The zero-order chi connectivity index (χ0) is 25.1. The van der Waals surface area contributed by atoms with Crippen LogP contribution in [0.25, 0.3) is 22.4 Å². The van der Waals surface area contributed by atoms with Crippen molar-refractivity contribution in [3.05, 3.63) is 51.9 Å². The molecular formula is C28H36N4O4. The Balaban J connectivity index is 1.37. The van der Waals surface area contributed by atoms with E-state index in [1.165, 1.54) is 0 Å². The van der Waals surface area contributed by atoms with Crippen LogP contribution < -0.4 is 10.9 Å². The van der Waals surface area contributed by atoms with Crippen molar-refractivity contribution in [1.29, 1.82) is 0 Å². The van der Waals surface area contributed by atoms with Crippen molar-refractivity contribution >= 4 is 17.0 Å². The largest absolute Gasteiger partial charge is 0.461 e. The second-order valence-corrected chi connectivity index (χ2v) is 10.3. The summed E-state index contributed by atoms with van der Waals surface area (Å²) in [5.41, 5.74) is 4.51. The molecule has 3 aromatic rings. The molecule has 0 spiro atoms. The summed E-state index contributed by atoms with van der Waals surface area (Å²) in [6.07, 6.45) is 8.11. The maximum absolute atomic E-state index is 12.4. The number of aromatic nitrogens is 3. The number of rotatable bonds is 8. The number of benzene rings is 1. The number of aryl methyl sites for hydroxylation is 1. The van der Waals surface area contributed by atoms with Crippen LogP contribution in [-0.2, 0) is 27.4 Å². The van der Waals surface area contributed by atoms with Crippen molar-refractivity contribution in [2.75, 3.05) is 13.2 Å². The van der Waals surface area contributed by atoms with Crippen LogP contribution in [0.5, 0.6) is 0 Å². The Bertz CT molecular complexity index is 1270. The van der Waals surface area contributed by atoms with Gasteiger partial charge in [0.1, 0.15) is 18.0 Å². The Kier molecular flexibility index (Phi) is 7.53. The third-order valence-electron chi connectivity index (χ3n) is 7.49. The molecule has 0 bridgehead atoms. The summed E-state index contributed by atoms with van der Waals surface area (Å²) in [7, 11) is 0. The van der Waals surface area contributed by atoms with E-state index in [2.05, 4.69) is 33.1 Å². The van der Waals surface area contributed by atoms with Crippen molar-refractivity contribution in [3.63, 3.8) is 0 Å². The number of H-pyrrole nitrogens is 1. The minimum Gasteiger partial charge on any atom is -0.461 e. The quantitative estimate of drug-likeness (QED) is 0.460. The number of carbonyl (C=O) groups is 1. The van der Waals surface area contributed by atoms with Crippen LogP contribution in [-0.4, -0.2) is 45.9 Å². The van der Waals surface area contributed by atoms with Gasteiger partial charge in [-0.15, -0.1) is 0 Å². The molecule has 8 nitrogen and oxygen atoms in total. The molecule has 2 aliphatic rings. The maximum Gasteiger partial charge on any atom is 0.323 e. The molecule has 36 heavy (non-hydrogen) atoms. The number of pyridine rings is 1. The molecule has 5 rings (SSSR count). The number of hydrogen-bond donors (Lipinski definition) is 2. The Morgan fingerprint density at radius 3 is 2.75 bits per heavy atom. The van der Waals surface area contributed by atoms with Crippen LogP contribution in [0.4, 0.5) is 0 Å². The maximum atomic E-state index is 12.4. The summed E-state index contributed by atoms with van der Waals surface area (Å²) in [5.74, 6) is 1.20. The lowest BCUT2D eigenvalue weighted by Gasteiger charge is -2.23. The molecule has 2 aromatic heterocycles. The molecule has 1 aliphatic carbocycles. The van der Waals surface area contributed by atoms with E-state index < -0.39 is 0 Å². The average Bonchev–Trinajstić information content (AvgIpc) is 3.52. The number of nitrogens with one attached hydrogen (secondary N) is 2. The molecule has 1 aliphatic heterocycles. The summed E-state index contributed by atoms with van der Waals surface area (Å²) < 4.78 is 13.5. The molecule has 0 radical (unpaired) electrons. The smallest absolute Gasteiger partial charge is 0.323 e. The summed E-state index contributed by atoms with van der Waals surface area (Å²) in [5, 5.41) is 3.31. The van der Waals surface area contributed by atoms with Gasteiger partial charge in [-0.3, -0.25) is 9.59 Å². The lowest BCUT2D eigenvalue weighted by molar-refractivity contribution is -0.150. The number of aromatic amines is 1. The summed E-state index contributed by atoms with van der Waals surface area (Å²) >= 11 is 0. The Hall–Kier alpha value is -2.97. The van der Waals surface area contributed by atoms with Crippen LogP contribution in [0.2, 0.25) is 0 Å². The number of ether oxygens (including phenoxy) is 2. The standard InChI is InChI=1S/C28H36N4O4/c1-18-13-22(16-30-27(18)33)26-31-24-14-21(15-29-19(2)28(34)36-23-5-3-4-6-23)7-8-25(24)32(26)17-20-9-11-35-12-10-20/h7-8,13-14,16,19-20,23,29H,3-6,9-12,15,17H2,1-2H3,(H,30,33). The van der Waals surface area contributed by atoms with Crippen LogP contribution in [0.1, 0.15) is 56.6 Å². The van der Waals surface area contributed by atoms with Crippen molar-refractivity contribution in [2.24, 2.45) is 5.92 Å². The second kappa shape index (κ2) is 11.0. The number of hydrogen-bond acceptors (Lipinski definition) is 6. The number of fused-ring (bicyclic) bond motifs is 1. The first-order valence-corrected chi connectivity index (χ1v) is 13.2. The number of carbonyl (C=O) groups excluding carboxylic acids is 1. The second-order valence-electron chi connectivity index (χ2n) is 10.3. The van der Waals surface area contributed by atoms with E-state index in [1.807, 2.05) is 19.9 Å². The summed E-state index contributed by atoms with van der Waals surface area (Å²) in [4.78, 5) is 32.2. The van der Waals surface area contributed by atoms with Crippen LogP contribution in [0.15, 0.2) is 35.3 Å². The average molecular weight is 493 g/mol. The SMILES string of the molecule is Cc1cc(-c2nc3cc(CNC(C)C(=O)OC4CCCC4)ccc3n2CC2CCOCC2)c[nH]c1=O. The highest BCUT2D eigenvalue weighted by Gasteiger charge is 2.23. The third-order valence-corrected chi connectivity index (χ3v) is 7.49. The van der Waals surface area contributed by atoms with Gasteiger partial charge in [0.05, 0.1) is 11.0 Å². The van der Waals surface area contributed by atoms with Crippen LogP contribution in [0.3, 0.4) is 0 Å². The van der Waals surface area contributed by atoms with Gasteiger partial charge in [0.25, 0.3) is 5.56 Å². The molecular weight excluding hydrogens is 456 g/mol. The monoisotopic (exact) mass is 492 g/mol. The first-order valence-electron chi connectivity index (χ1n) is 13.2. The van der Waals surface area contributed by atoms with Crippen molar-refractivity contribution in [1.82, 2.24) is 19.9 Å². The van der Waals surface area contributed by atoms with Gasteiger partial charge in [0.15, 0.2) is 0 Å². The van der Waals surface area contributed by atoms with Crippen molar-refractivity contribution in [3.8, 4) is 11.4 Å². The molecule has 8 heteroatoms. The molecule has 0 amide bonds. The fourth-order valence-corrected chi connectivity index (χ4v) is 5.23. The molecule has 1 unspecified atom stereocenters. The van der Waals surface area contributed by atoms with Gasteiger partial charge in [-0.1, -0.05) is 6.07 Å². The molecule has 2 N–H and O–H groups in total. The van der Waals surface area contributed by atoms with Gasteiger partial charge in [0, 0.05) is 43.6 Å². The predicted octanol–water partition coefficient (Wildman–Crippen LogP) is 4.09.